The predicted octanol–water partition coefficient (Wildman–Crippen LogP) is 16.5. The fourth-order valence-corrected chi connectivity index (χ4v) is 8.84. The van der Waals surface area contributed by atoms with Gasteiger partial charge in [-0.15, -0.1) is 0 Å². The van der Waals surface area contributed by atoms with E-state index in [-0.39, 0.29) is 0 Å². The average Bonchev–Trinajstić information content (AvgIpc) is 3.72. The first-order valence-corrected chi connectivity index (χ1v) is 20.5. The van der Waals surface area contributed by atoms with Gasteiger partial charge in [-0.1, -0.05) is 194 Å². The lowest BCUT2D eigenvalue weighted by molar-refractivity contribution is 0.669. The van der Waals surface area contributed by atoms with Crippen molar-refractivity contribution in [1.82, 2.24) is 0 Å². The van der Waals surface area contributed by atoms with E-state index in [4.69, 9.17) is 4.42 Å². The molecule has 0 radical (unpaired) electrons. The van der Waals surface area contributed by atoms with Crippen LogP contribution in [0.15, 0.2) is 241 Å². The van der Waals surface area contributed by atoms with Crippen molar-refractivity contribution in [2.75, 3.05) is 4.90 Å². The third-order valence-electron chi connectivity index (χ3n) is 11.7. The van der Waals surface area contributed by atoms with Crippen LogP contribution in [0.2, 0.25) is 0 Å². The standard InChI is InChI=1S/C58H39NO/c1-4-16-40(17-5-1)45-33-32-43-22-13-27-51(54(43)39-45)46-23-12-24-48(38-46)59(47-36-34-44(35-37-47)50-26-11-10-25-49(50)41-18-6-2-7-19-41)55-30-14-29-53-57-52(42-20-8-3-9-21-42)28-15-31-56(57)60-58(53)55/h1-39H. The lowest BCUT2D eigenvalue weighted by Crippen LogP contribution is -2.10. The van der Waals surface area contributed by atoms with Crippen molar-refractivity contribution in [2.24, 2.45) is 0 Å². The van der Waals surface area contributed by atoms with Gasteiger partial charge in [0.15, 0.2) is 5.58 Å². The second-order valence-electron chi connectivity index (χ2n) is 15.3. The molecule has 0 bridgehead atoms. The smallest absolute Gasteiger partial charge is 0.159 e. The molecule has 1 heterocycles. The molecule has 0 N–H and O–H groups in total. The van der Waals surface area contributed by atoms with Gasteiger partial charge in [0, 0.05) is 22.1 Å². The third-order valence-corrected chi connectivity index (χ3v) is 11.7. The Balaban J connectivity index is 1.09. The van der Waals surface area contributed by atoms with E-state index in [0.717, 1.165) is 61.3 Å². The maximum absolute atomic E-state index is 6.91. The number of benzene rings is 10. The highest BCUT2D eigenvalue weighted by atomic mass is 16.3. The van der Waals surface area contributed by atoms with Crippen LogP contribution in [0.3, 0.4) is 0 Å². The molecular formula is C58H39NO. The Bertz CT molecular complexity index is 3290. The Hall–Kier alpha value is -7.94. The van der Waals surface area contributed by atoms with E-state index >= 15 is 0 Å². The molecule has 0 aliphatic rings. The van der Waals surface area contributed by atoms with E-state index in [9.17, 15) is 0 Å². The molecule has 0 aliphatic heterocycles. The molecule has 2 nitrogen and oxygen atoms in total. The zero-order valence-electron chi connectivity index (χ0n) is 32.9. The largest absolute Gasteiger partial charge is 0.454 e. The van der Waals surface area contributed by atoms with Gasteiger partial charge in [-0.25, -0.2) is 0 Å². The number of hydrogen-bond acceptors (Lipinski definition) is 2. The van der Waals surface area contributed by atoms with Crippen molar-refractivity contribution in [2.45, 2.75) is 0 Å². The first-order chi connectivity index (χ1) is 29.8. The summed E-state index contributed by atoms with van der Waals surface area (Å²) in [5, 5.41) is 4.63. The van der Waals surface area contributed by atoms with E-state index in [0.29, 0.717) is 0 Å². The van der Waals surface area contributed by atoms with Crippen LogP contribution in [0.5, 0.6) is 0 Å². The molecule has 0 aliphatic carbocycles. The van der Waals surface area contributed by atoms with Crippen LogP contribution < -0.4 is 4.90 Å². The molecule has 0 fully saturated rings. The lowest BCUT2D eigenvalue weighted by atomic mass is 9.94. The molecule has 10 aromatic carbocycles. The minimum Gasteiger partial charge on any atom is -0.454 e. The van der Waals surface area contributed by atoms with Crippen molar-refractivity contribution in [3.05, 3.63) is 237 Å². The minimum atomic E-state index is 0.845. The van der Waals surface area contributed by atoms with Crippen molar-refractivity contribution in [3.63, 3.8) is 0 Å². The molecule has 60 heavy (non-hydrogen) atoms. The molecule has 0 saturated heterocycles. The average molecular weight is 766 g/mol. The third kappa shape index (κ3) is 6.32. The van der Waals surface area contributed by atoms with Gasteiger partial charge in [-0.2, -0.15) is 0 Å². The molecule has 282 valence electrons. The topological polar surface area (TPSA) is 16.4 Å². The highest BCUT2D eigenvalue weighted by Crippen LogP contribution is 2.46. The van der Waals surface area contributed by atoms with Gasteiger partial charge < -0.3 is 9.32 Å². The highest BCUT2D eigenvalue weighted by Gasteiger charge is 2.22. The summed E-state index contributed by atoms with van der Waals surface area (Å²) in [4.78, 5) is 2.35. The quantitative estimate of drug-likeness (QED) is 0.153. The van der Waals surface area contributed by atoms with Crippen molar-refractivity contribution >= 4 is 49.8 Å². The van der Waals surface area contributed by atoms with Gasteiger partial charge in [-0.3, -0.25) is 0 Å². The van der Waals surface area contributed by atoms with Crippen LogP contribution in [0.1, 0.15) is 0 Å². The Kier molecular flexibility index (Phi) is 8.87. The van der Waals surface area contributed by atoms with Gasteiger partial charge in [0.1, 0.15) is 5.58 Å². The number of rotatable bonds is 8. The zero-order chi connectivity index (χ0) is 39.8. The maximum Gasteiger partial charge on any atom is 0.159 e. The normalized spacial score (nSPS) is 11.3. The summed E-state index contributed by atoms with van der Waals surface area (Å²) in [5.74, 6) is 0. The zero-order valence-corrected chi connectivity index (χ0v) is 32.9. The summed E-state index contributed by atoms with van der Waals surface area (Å²) in [6.45, 7) is 0. The molecule has 0 spiro atoms. The Morgan fingerprint density at radius 3 is 1.58 bits per heavy atom. The van der Waals surface area contributed by atoms with Crippen LogP contribution in [0.25, 0.3) is 88.3 Å². The van der Waals surface area contributed by atoms with Crippen LogP contribution in [0.4, 0.5) is 17.1 Å². The summed E-state index contributed by atoms with van der Waals surface area (Å²) < 4.78 is 6.91. The van der Waals surface area contributed by atoms with E-state index in [1.54, 1.807) is 0 Å². The SMILES string of the molecule is c1ccc(-c2ccc3cccc(-c4cccc(N(c5ccc(-c6ccccc6-c6ccccc6)cc5)c5cccc6c5oc5cccc(-c7ccccc7)c56)c4)c3c2)cc1. The highest BCUT2D eigenvalue weighted by molar-refractivity contribution is 6.16. The Morgan fingerprint density at radius 2 is 0.850 bits per heavy atom. The Labute approximate surface area is 349 Å². The summed E-state index contributed by atoms with van der Waals surface area (Å²) in [7, 11) is 0. The molecule has 0 atom stereocenters. The van der Waals surface area contributed by atoms with Crippen molar-refractivity contribution < 1.29 is 4.42 Å². The van der Waals surface area contributed by atoms with Crippen LogP contribution in [-0.4, -0.2) is 0 Å². The minimum absolute atomic E-state index is 0.845. The molecule has 2 heteroatoms. The second kappa shape index (κ2) is 15.1. The van der Waals surface area contributed by atoms with E-state index < -0.39 is 0 Å². The van der Waals surface area contributed by atoms with Crippen LogP contribution in [-0.2, 0) is 0 Å². The molecule has 0 unspecified atom stereocenters. The monoisotopic (exact) mass is 765 g/mol. The fraction of sp³-hybridized carbons (Fsp3) is 0. The molecule has 0 amide bonds. The van der Waals surface area contributed by atoms with Gasteiger partial charge in [0.2, 0.25) is 0 Å². The van der Waals surface area contributed by atoms with Gasteiger partial charge in [0.25, 0.3) is 0 Å². The van der Waals surface area contributed by atoms with Gasteiger partial charge in [0.05, 0.1) is 5.69 Å². The van der Waals surface area contributed by atoms with Crippen molar-refractivity contribution in [3.8, 4) is 55.6 Å². The first-order valence-electron chi connectivity index (χ1n) is 20.5. The predicted molar refractivity (Wildman–Crippen MR) is 253 cm³/mol. The Morgan fingerprint density at radius 1 is 0.300 bits per heavy atom. The summed E-state index contributed by atoms with van der Waals surface area (Å²) in [6.07, 6.45) is 0. The summed E-state index contributed by atoms with van der Waals surface area (Å²) >= 11 is 0. The van der Waals surface area contributed by atoms with Gasteiger partial charge >= 0.3 is 0 Å². The number of nitrogens with zero attached hydrogens (tertiary/aromatic N) is 1. The molecule has 1 aromatic heterocycles. The first kappa shape index (κ1) is 35.2. The number of furan rings is 1. The van der Waals surface area contributed by atoms with Crippen LogP contribution >= 0.6 is 0 Å². The number of hydrogen-bond donors (Lipinski definition) is 0. The van der Waals surface area contributed by atoms with Crippen LogP contribution in [0, 0.1) is 0 Å². The van der Waals surface area contributed by atoms with E-state index in [1.165, 1.54) is 44.2 Å². The maximum atomic E-state index is 6.91. The number of fused-ring (bicyclic) bond motifs is 4. The molecular weight excluding hydrogens is 727 g/mol. The lowest BCUT2D eigenvalue weighted by Gasteiger charge is -2.26. The molecule has 11 rings (SSSR count). The summed E-state index contributed by atoms with van der Waals surface area (Å²) in [6, 6.07) is 84.7. The van der Waals surface area contributed by atoms with Gasteiger partial charge in [-0.05, 0) is 109 Å². The van der Waals surface area contributed by atoms with Crippen molar-refractivity contribution in [1.29, 1.82) is 0 Å². The summed E-state index contributed by atoms with van der Waals surface area (Å²) in [5.41, 5.74) is 16.6. The fourth-order valence-electron chi connectivity index (χ4n) is 8.84. The van der Waals surface area contributed by atoms with E-state index in [2.05, 4.69) is 241 Å². The molecule has 11 aromatic rings. The molecule has 0 saturated carbocycles. The van der Waals surface area contributed by atoms with E-state index in [1.807, 2.05) is 0 Å². The number of para-hydroxylation sites is 1. The second-order valence-corrected chi connectivity index (χ2v) is 15.3. The number of anilines is 3.